The molecule has 1 heterocycles. The molecule has 1 unspecified atom stereocenters. The summed E-state index contributed by atoms with van der Waals surface area (Å²) in [6.45, 7) is 3.65. The minimum atomic E-state index is -0.971. The lowest BCUT2D eigenvalue weighted by Crippen LogP contribution is -2.35. The maximum Gasteiger partial charge on any atom is 0.181 e. The lowest BCUT2D eigenvalue weighted by Gasteiger charge is -2.27. The molecular weight excluding hydrogens is 302 g/mol. The van der Waals surface area contributed by atoms with Gasteiger partial charge in [-0.15, -0.1) is 0 Å². The number of oxazole rings is 1. The molecule has 2 aromatic carbocycles. The number of hydrogen-bond donors (Lipinski definition) is 0. The smallest absolute Gasteiger partial charge is 0.181 e. The highest BCUT2D eigenvalue weighted by molar-refractivity contribution is 6.06. The Morgan fingerprint density at radius 1 is 1.08 bits per heavy atom. The van der Waals surface area contributed by atoms with Crippen molar-refractivity contribution in [2.75, 3.05) is 0 Å². The zero-order valence-corrected chi connectivity index (χ0v) is 13.5. The first-order valence-corrected chi connectivity index (χ1v) is 7.63. The molecule has 0 amide bonds. The van der Waals surface area contributed by atoms with E-state index in [-0.39, 0.29) is 5.78 Å². The van der Waals surface area contributed by atoms with Crippen LogP contribution in [0.2, 0.25) is 0 Å². The van der Waals surface area contributed by atoms with Gasteiger partial charge in [-0.2, -0.15) is 0 Å². The van der Waals surface area contributed by atoms with Gasteiger partial charge in [0.1, 0.15) is 17.5 Å². The standard InChI is InChI=1S/C20H17NO3/c1-14-18(21-13-24-14)20(2,17-6-4-3-5-7-17)19(23)16-10-8-15(12-22)9-11-16/h3-13H,1-2H3. The van der Waals surface area contributed by atoms with Crippen LogP contribution in [0.25, 0.3) is 0 Å². The third kappa shape index (κ3) is 2.56. The Kier molecular flexibility index (Phi) is 4.13. The van der Waals surface area contributed by atoms with Gasteiger partial charge in [0.25, 0.3) is 0 Å². The first-order valence-electron chi connectivity index (χ1n) is 7.63. The Labute approximate surface area is 140 Å². The first-order chi connectivity index (χ1) is 11.6. The van der Waals surface area contributed by atoms with Crippen LogP contribution < -0.4 is 0 Å². The normalized spacial score (nSPS) is 13.2. The second kappa shape index (κ2) is 6.24. The highest BCUT2D eigenvalue weighted by Gasteiger charge is 2.41. The molecule has 4 heteroatoms. The second-order valence-corrected chi connectivity index (χ2v) is 5.82. The molecular formula is C20H17NO3. The summed E-state index contributed by atoms with van der Waals surface area (Å²) in [5.41, 5.74) is 1.52. The molecule has 1 atom stereocenters. The molecule has 0 saturated heterocycles. The Balaban J connectivity index is 2.16. The van der Waals surface area contributed by atoms with E-state index in [1.807, 2.05) is 37.3 Å². The number of ketones is 1. The summed E-state index contributed by atoms with van der Waals surface area (Å²) < 4.78 is 5.35. The summed E-state index contributed by atoms with van der Waals surface area (Å²) >= 11 is 0. The molecule has 0 saturated carbocycles. The van der Waals surface area contributed by atoms with E-state index >= 15 is 0 Å². The maximum absolute atomic E-state index is 13.3. The van der Waals surface area contributed by atoms with Crippen LogP contribution in [-0.2, 0) is 5.41 Å². The third-order valence-electron chi connectivity index (χ3n) is 4.33. The van der Waals surface area contributed by atoms with Crippen LogP contribution in [-0.4, -0.2) is 17.1 Å². The van der Waals surface area contributed by atoms with E-state index in [0.29, 0.717) is 22.6 Å². The lowest BCUT2D eigenvalue weighted by atomic mass is 9.73. The fourth-order valence-corrected chi connectivity index (χ4v) is 2.93. The van der Waals surface area contributed by atoms with E-state index in [9.17, 15) is 9.59 Å². The summed E-state index contributed by atoms with van der Waals surface area (Å²) in [4.78, 5) is 28.5. The van der Waals surface area contributed by atoms with Crippen molar-refractivity contribution in [1.82, 2.24) is 4.98 Å². The van der Waals surface area contributed by atoms with Crippen molar-refractivity contribution in [3.8, 4) is 0 Å². The van der Waals surface area contributed by atoms with E-state index in [1.54, 1.807) is 31.2 Å². The van der Waals surface area contributed by atoms with E-state index in [1.165, 1.54) is 6.39 Å². The SMILES string of the molecule is Cc1ocnc1C(C)(C(=O)c1ccc(C=O)cc1)c1ccccc1. The molecule has 0 aliphatic carbocycles. The number of carbonyl (C=O) groups excluding carboxylic acids is 2. The van der Waals surface area contributed by atoms with Crippen molar-refractivity contribution in [2.24, 2.45) is 0 Å². The number of Topliss-reactive ketones (excluding diaryl/α,β-unsaturated/α-hetero) is 1. The van der Waals surface area contributed by atoms with Gasteiger partial charge in [0.2, 0.25) is 0 Å². The quantitative estimate of drug-likeness (QED) is 0.527. The molecule has 0 spiro atoms. The molecule has 1 aromatic heterocycles. The Bertz CT molecular complexity index is 865. The highest BCUT2D eigenvalue weighted by Crippen LogP contribution is 2.36. The molecule has 0 radical (unpaired) electrons. The van der Waals surface area contributed by atoms with Crippen LogP contribution in [0.4, 0.5) is 0 Å². The molecule has 0 aliphatic rings. The third-order valence-corrected chi connectivity index (χ3v) is 4.33. The summed E-state index contributed by atoms with van der Waals surface area (Å²) in [6.07, 6.45) is 2.11. The van der Waals surface area contributed by atoms with E-state index in [0.717, 1.165) is 11.8 Å². The monoisotopic (exact) mass is 319 g/mol. The molecule has 24 heavy (non-hydrogen) atoms. The van der Waals surface area contributed by atoms with Crippen molar-refractivity contribution in [3.63, 3.8) is 0 Å². The summed E-state index contributed by atoms with van der Waals surface area (Å²) in [7, 11) is 0. The van der Waals surface area contributed by atoms with E-state index in [4.69, 9.17) is 4.42 Å². The summed E-state index contributed by atoms with van der Waals surface area (Å²) in [5, 5.41) is 0. The summed E-state index contributed by atoms with van der Waals surface area (Å²) in [6, 6.07) is 16.1. The molecule has 3 aromatic rings. The Morgan fingerprint density at radius 3 is 2.29 bits per heavy atom. The fourth-order valence-electron chi connectivity index (χ4n) is 2.93. The Morgan fingerprint density at radius 2 is 1.75 bits per heavy atom. The van der Waals surface area contributed by atoms with Gasteiger partial charge in [-0.1, -0.05) is 54.6 Å². The molecule has 3 rings (SSSR count). The van der Waals surface area contributed by atoms with Gasteiger partial charge >= 0.3 is 0 Å². The largest absolute Gasteiger partial charge is 0.448 e. The van der Waals surface area contributed by atoms with E-state index in [2.05, 4.69) is 4.98 Å². The molecule has 120 valence electrons. The number of carbonyl (C=O) groups is 2. The van der Waals surface area contributed by atoms with Crippen LogP contribution in [0.15, 0.2) is 65.4 Å². The number of nitrogens with zero attached hydrogens (tertiary/aromatic N) is 1. The molecule has 0 aliphatic heterocycles. The predicted octanol–water partition coefficient (Wildman–Crippen LogP) is 3.98. The number of aromatic nitrogens is 1. The highest BCUT2D eigenvalue weighted by atomic mass is 16.3. The van der Waals surface area contributed by atoms with Crippen LogP contribution in [0.3, 0.4) is 0 Å². The van der Waals surface area contributed by atoms with Crippen molar-refractivity contribution >= 4 is 12.1 Å². The van der Waals surface area contributed by atoms with Gasteiger partial charge in [0, 0.05) is 11.1 Å². The van der Waals surface area contributed by atoms with Crippen molar-refractivity contribution in [2.45, 2.75) is 19.3 Å². The van der Waals surface area contributed by atoms with Crippen molar-refractivity contribution in [1.29, 1.82) is 0 Å². The van der Waals surface area contributed by atoms with Gasteiger partial charge in [0.05, 0.1) is 5.69 Å². The maximum atomic E-state index is 13.3. The minimum absolute atomic E-state index is 0.0943. The molecule has 0 bridgehead atoms. The minimum Gasteiger partial charge on any atom is -0.448 e. The van der Waals surface area contributed by atoms with Gasteiger partial charge in [-0.05, 0) is 19.4 Å². The van der Waals surface area contributed by atoms with E-state index < -0.39 is 5.41 Å². The number of hydrogen-bond acceptors (Lipinski definition) is 4. The molecule has 0 fully saturated rings. The fraction of sp³-hybridized carbons (Fsp3) is 0.150. The van der Waals surface area contributed by atoms with Gasteiger partial charge in [0.15, 0.2) is 12.2 Å². The van der Waals surface area contributed by atoms with Gasteiger partial charge in [-0.25, -0.2) is 4.98 Å². The lowest BCUT2D eigenvalue weighted by molar-refractivity contribution is 0.0919. The predicted molar refractivity (Wildman–Crippen MR) is 90.3 cm³/mol. The average Bonchev–Trinajstić information content (AvgIpc) is 3.07. The zero-order valence-electron chi connectivity index (χ0n) is 13.5. The van der Waals surface area contributed by atoms with Crippen molar-refractivity contribution < 1.29 is 14.0 Å². The second-order valence-electron chi connectivity index (χ2n) is 5.82. The number of rotatable bonds is 5. The number of benzene rings is 2. The molecule has 4 nitrogen and oxygen atoms in total. The van der Waals surface area contributed by atoms with Crippen LogP contribution in [0.1, 0.15) is 44.7 Å². The van der Waals surface area contributed by atoms with Gasteiger partial charge in [-0.3, -0.25) is 9.59 Å². The average molecular weight is 319 g/mol. The van der Waals surface area contributed by atoms with Crippen LogP contribution >= 0.6 is 0 Å². The summed E-state index contributed by atoms with van der Waals surface area (Å²) in [5.74, 6) is 0.516. The topological polar surface area (TPSA) is 60.2 Å². The zero-order chi connectivity index (χ0) is 17.2. The first kappa shape index (κ1) is 15.9. The van der Waals surface area contributed by atoms with Crippen LogP contribution in [0, 0.1) is 6.92 Å². The van der Waals surface area contributed by atoms with Crippen molar-refractivity contribution in [3.05, 3.63) is 89.1 Å². The van der Waals surface area contributed by atoms with Gasteiger partial charge < -0.3 is 4.42 Å². The van der Waals surface area contributed by atoms with Crippen LogP contribution in [0.5, 0.6) is 0 Å². The molecule has 0 N–H and O–H groups in total. The number of aldehydes is 1. The Hall–Kier alpha value is -3.01. The number of aryl methyl sites for hydroxylation is 1.